The average molecular weight is 288 g/mol. The Kier molecular flexibility index (Phi) is 3.99. The summed E-state index contributed by atoms with van der Waals surface area (Å²) in [4.78, 5) is 15.0. The highest BCUT2D eigenvalue weighted by Crippen LogP contribution is 2.32. The largest absolute Gasteiger partial charge is 0.485 e. The third kappa shape index (κ3) is 2.97. The second-order valence-corrected chi connectivity index (χ2v) is 4.75. The van der Waals surface area contributed by atoms with Gasteiger partial charge in [0.05, 0.1) is 21.8 Å². The number of aldehydes is 1. The van der Waals surface area contributed by atoms with Crippen LogP contribution in [0.4, 0.5) is 0 Å². The van der Waals surface area contributed by atoms with Crippen molar-refractivity contribution >= 4 is 40.8 Å². The number of carbonyl (C=O) groups is 1. The van der Waals surface area contributed by atoms with E-state index in [2.05, 4.69) is 4.98 Å². The Bertz CT molecular complexity index is 529. The molecule has 0 saturated heterocycles. The molecule has 0 aliphatic carbocycles. The minimum Gasteiger partial charge on any atom is -0.485 e. The summed E-state index contributed by atoms with van der Waals surface area (Å²) in [6.07, 6.45) is 0.661. The van der Waals surface area contributed by atoms with Crippen LogP contribution in [0, 0.1) is 0 Å². The van der Waals surface area contributed by atoms with Gasteiger partial charge in [0, 0.05) is 10.4 Å². The van der Waals surface area contributed by atoms with E-state index in [1.165, 1.54) is 23.5 Å². The van der Waals surface area contributed by atoms with Gasteiger partial charge < -0.3 is 4.74 Å². The highest BCUT2D eigenvalue weighted by Gasteiger charge is 2.10. The summed E-state index contributed by atoms with van der Waals surface area (Å²) in [7, 11) is 0. The zero-order valence-corrected chi connectivity index (χ0v) is 10.9. The topological polar surface area (TPSA) is 39.2 Å². The number of hydrogen-bond donors (Lipinski definition) is 0. The maximum Gasteiger partial charge on any atom is 0.153 e. The van der Waals surface area contributed by atoms with Gasteiger partial charge in [-0.2, -0.15) is 0 Å². The van der Waals surface area contributed by atoms with Gasteiger partial charge in [0.2, 0.25) is 0 Å². The molecule has 0 spiro atoms. The average Bonchev–Trinajstić information content (AvgIpc) is 2.79. The second-order valence-electron chi connectivity index (χ2n) is 3.19. The van der Waals surface area contributed by atoms with Crippen molar-refractivity contribution in [2.24, 2.45) is 0 Å². The van der Waals surface area contributed by atoms with E-state index in [9.17, 15) is 4.79 Å². The van der Waals surface area contributed by atoms with Gasteiger partial charge in [0.15, 0.2) is 6.29 Å². The molecule has 88 valence electrons. The van der Waals surface area contributed by atoms with Gasteiger partial charge in [0.1, 0.15) is 12.4 Å². The summed E-state index contributed by atoms with van der Waals surface area (Å²) in [6, 6.07) is 3.04. The fourth-order valence-electron chi connectivity index (χ4n) is 1.28. The van der Waals surface area contributed by atoms with Crippen molar-refractivity contribution in [2.45, 2.75) is 6.61 Å². The molecule has 1 aromatic heterocycles. The van der Waals surface area contributed by atoms with Gasteiger partial charge in [-0.15, -0.1) is 11.3 Å². The molecule has 1 aromatic carbocycles. The van der Waals surface area contributed by atoms with Crippen molar-refractivity contribution in [3.8, 4) is 5.75 Å². The lowest BCUT2D eigenvalue weighted by atomic mass is 10.2. The lowest BCUT2D eigenvalue weighted by Crippen LogP contribution is -1.99. The van der Waals surface area contributed by atoms with Gasteiger partial charge in [-0.05, 0) is 12.1 Å². The van der Waals surface area contributed by atoms with Gasteiger partial charge in [-0.25, -0.2) is 4.98 Å². The third-order valence-corrected chi connectivity index (χ3v) is 3.15. The molecule has 0 atom stereocenters. The highest BCUT2D eigenvalue weighted by molar-refractivity contribution is 7.07. The molecular weight excluding hydrogens is 281 g/mol. The van der Waals surface area contributed by atoms with Crippen LogP contribution in [-0.2, 0) is 6.61 Å². The molecule has 1 heterocycles. The number of thiazole rings is 1. The van der Waals surface area contributed by atoms with Gasteiger partial charge in [-0.3, -0.25) is 4.79 Å². The van der Waals surface area contributed by atoms with Crippen molar-refractivity contribution in [1.29, 1.82) is 0 Å². The smallest absolute Gasteiger partial charge is 0.153 e. The molecule has 0 unspecified atom stereocenters. The van der Waals surface area contributed by atoms with Crippen molar-refractivity contribution < 1.29 is 9.53 Å². The van der Waals surface area contributed by atoms with Crippen LogP contribution in [0.2, 0.25) is 10.0 Å². The zero-order chi connectivity index (χ0) is 12.3. The van der Waals surface area contributed by atoms with Crippen LogP contribution in [0.25, 0.3) is 0 Å². The Balaban J connectivity index is 2.22. The number of nitrogens with zero attached hydrogens (tertiary/aromatic N) is 1. The summed E-state index contributed by atoms with van der Waals surface area (Å²) in [5, 5.41) is 2.58. The number of aromatic nitrogens is 1. The highest BCUT2D eigenvalue weighted by atomic mass is 35.5. The van der Waals surface area contributed by atoms with Crippen molar-refractivity contribution in [3.63, 3.8) is 0 Å². The molecule has 0 bridgehead atoms. The molecular formula is C11H7Cl2NO2S. The maximum absolute atomic E-state index is 10.9. The van der Waals surface area contributed by atoms with Crippen molar-refractivity contribution in [3.05, 3.63) is 44.3 Å². The summed E-state index contributed by atoms with van der Waals surface area (Å²) < 4.78 is 5.48. The van der Waals surface area contributed by atoms with E-state index in [1.54, 1.807) is 5.51 Å². The maximum atomic E-state index is 10.9. The predicted molar refractivity (Wildman–Crippen MR) is 68.3 cm³/mol. The first kappa shape index (κ1) is 12.4. The molecule has 2 aromatic rings. The Morgan fingerprint density at radius 1 is 1.41 bits per heavy atom. The van der Waals surface area contributed by atoms with E-state index < -0.39 is 0 Å². The number of ether oxygens (including phenoxy) is 1. The quantitative estimate of drug-likeness (QED) is 0.802. The van der Waals surface area contributed by atoms with E-state index in [-0.39, 0.29) is 6.61 Å². The molecule has 3 nitrogen and oxygen atoms in total. The number of hydrogen-bond acceptors (Lipinski definition) is 4. The molecule has 0 fully saturated rings. The fraction of sp³-hybridized carbons (Fsp3) is 0.0909. The molecule has 6 heteroatoms. The minimum atomic E-state index is 0.270. The summed E-state index contributed by atoms with van der Waals surface area (Å²) >= 11 is 13.2. The number of carbonyl (C=O) groups excluding carboxylic acids is 1. The molecule has 0 N–H and O–H groups in total. The van der Waals surface area contributed by atoms with Crippen LogP contribution in [0.3, 0.4) is 0 Å². The van der Waals surface area contributed by atoms with E-state index in [1.807, 2.05) is 5.38 Å². The first-order valence-electron chi connectivity index (χ1n) is 4.65. The Hall–Kier alpha value is -1.10. The van der Waals surface area contributed by atoms with Crippen LogP contribution in [0.15, 0.2) is 23.0 Å². The molecule has 17 heavy (non-hydrogen) atoms. The van der Waals surface area contributed by atoms with E-state index in [4.69, 9.17) is 27.9 Å². The Labute approximate surface area is 112 Å². The number of benzene rings is 1. The molecule has 0 aliphatic rings. The monoisotopic (exact) mass is 287 g/mol. The molecule has 0 amide bonds. The van der Waals surface area contributed by atoms with E-state index >= 15 is 0 Å². The zero-order valence-electron chi connectivity index (χ0n) is 8.52. The van der Waals surface area contributed by atoms with E-state index in [0.29, 0.717) is 27.6 Å². The summed E-state index contributed by atoms with van der Waals surface area (Å²) in [6.45, 7) is 0.270. The van der Waals surface area contributed by atoms with Crippen LogP contribution >= 0.6 is 34.5 Å². The summed E-state index contributed by atoms with van der Waals surface area (Å²) in [5.41, 5.74) is 2.83. The lowest BCUT2D eigenvalue weighted by molar-refractivity contribution is 0.111. The Morgan fingerprint density at radius 3 is 2.88 bits per heavy atom. The SMILES string of the molecule is O=Cc1cc(Cl)cc(Cl)c1OCc1cscn1. The minimum absolute atomic E-state index is 0.270. The van der Waals surface area contributed by atoms with E-state index in [0.717, 1.165) is 5.69 Å². The number of halogens is 2. The lowest BCUT2D eigenvalue weighted by Gasteiger charge is -2.09. The van der Waals surface area contributed by atoms with Crippen LogP contribution in [0.5, 0.6) is 5.75 Å². The van der Waals surface area contributed by atoms with Gasteiger partial charge in [-0.1, -0.05) is 23.2 Å². The summed E-state index contributed by atoms with van der Waals surface area (Å²) in [5.74, 6) is 0.332. The second kappa shape index (κ2) is 5.49. The standard InChI is InChI=1S/C11H7Cl2NO2S/c12-8-1-7(3-15)11(10(13)2-8)16-4-9-5-17-6-14-9/h1-3,5-6H,4H2. The van der Waals surface area contributed by atoms with Crippen LogP contribution in [0.1, 0.15) is 16.1 Å². The first-order valence-corrected chi connectivity index (χ1v) is 6.34. The first-order chi connectivity index (χ1) is 8.20. The van der Waals surface area contributed by atoms with Crippen molar-refractivity contribution in [2.75, 3.05) is 0 Å². The number of rotatable bonds is 4. The van der Waals surface area contributed by atoms with Gasteiger partial charge >= 0.3 is 0 Å². The molecule has 2 rings (SSSR count). The normalized spacial score (nSPS) is 10.2. The molecule has 0 radical (unpaired) electrons. The fourth-order valence-corrected chi connectivity index (χ4v) is 2.38. The molecule has 0 saturated carbocycles. The molecule has 0 aliphatic heterocycles. The predicted octanol–water partition coefficient (Wildman–Crippen LogP) is 3.84. The van der Waals surface area contributed by atoms with Crippen LogP contribution < -0.4 is 4.74 Å². The third-order valence-electron chi connectivity index (χ3n) is 2.01. The van der Waals surface area contributed by atoms with Crippen LogP contribution in [-0.4, -0.2) is 11.3 Å². The van der Waals surface area contributed by atoms with Crippen molar-refractivity contribution in [1.82, 2.24) is 4.98 Å². The Morgan fingerprint density at radius 2 is 2.24 bits per heavy atom. The van der Waals surface area contributed by atoms with Gasteiger partial charge in [0.25, 0.3) is 0 Å².